The number of likely N-dealkylation sites (tertiary alicyclic amines) is 1. The van der Waals surface area contributed by atoms with E-state index in [-0.39, 0.29) is 11.6 Å². The molecule has 2 aliphatic rings. The highest BCUT2D eigenvalue weighted by Crippen LogP contribution is 2.31. The van der Waals surface area contributed by atoms with Crippen molar-refractivity contribution in [2.45, 2.75) is 25.2 Å². The molecular formula is C21H22ClNO3. The van der Waals surface area contributed by atoms with Gasteiger partial charge in [0.1, 0.15) is 0 Å². The summed E-state index contributed by atoms with van der Waals surface area (Å²) in [5, 5.41) is 0.633. The lowest BCUT2D eigenvalue weighted by atomic mass is 10.00. The van der Waals surface area contributed by atoms with Crippen LogP contribution in [0.5, 0.6) is 0 Å². The molecule has 2 aliphatic heterocycles. The molecule has 0 saturated carbocycles. The van der Waals surface area contributed by atoms with Crippen LogP contribution in [-0.4, -0.2) is 42.8 Å². The van der Waals surface area contributed by atoms with Crippen LogP contribution in [0.2, 0.25) is 5.02 Å². The predicted molar refractivity (Wildman–Crippen MR) is 100 cm³/mol. The Morgan fingerprint density at radius 2 is 1.69 bits per heavy atom. The first-order valence-electron chi connectivity index (χ1n) is 9.03. The molecule has 2 saturated heterocycles. The van der Waals surface area contributed by atoms with E-state index in [0.29, 0.717) is 29.4 Å². The van der Waals surface area contributed by atoms with Crippen LogP contribution in [-0.2, 0) is 16.0 Å². The summed E-state index contributed by atoms with van der Waals surface area (Å²) in [5.74, 6) is -0.322. The van der Waals surface area contributed by atoms with Crippen molar-refractivity contribution in [2.24, 2.45) is 0 Å². The van der Waals surface area contributed by atoms with Crippen molar-refractivity contribution in [3.8, 4) is 0 Å². The summed E-state index contributed by atoms with van der Waals surface area (Å²) < 4.78 is 11.6. The van der Waals surface area contributed by atoms with Crippen LogP contribution in [0.25, 0.3) is 0 Å². The van der Waals surface area contributed by atoms with Gasteiger partial charge in [-0.1, -0.05) is 29.8 Å². The second-order valence-corrected chi connectivity index (χ2v) is 7.36. The second-order valence-electron chi connectivity index (χ2n) is 6.92. The Kier molecular flexibility index (Phi) is 5.09. The van der Waals surface area contributed by atoms with E-state index in [9.17, 15) is 4.79 Å². The number of ether oxygens (including phenoxy) is 2. The van der Waals surface area contributed by atoms with Crippen molar-refractivity contribution < 1.29 is 14.3 Å². The maximum Gasteiger partial charge on any atom is 0.193 e. The molecule has 2 aromatic rings. The van der Waals surface area contributed by atoms with Crippen molar-refractivity contribution in [3.05, 3.63) is 70.2 Å². The molecule has 5 heteroatoms. The van der Waals surface area contributed by atoms with Crippen LogP contribution in [0.15, 0.2) is 48.5 Å². The van der Waals surface area contributed by atoms with Gasteiger partial charge in [0.25, 0.3) is 0 Å². The molecule has 2 heterocycles. The smallest absolute Gasteiger partial charge is 0.193 e. The highest BCUT2D eigenvalue weighted by Gasteiger charge is 2.39. The van der Waals surface area contributed by atoms with Gasteiger partial charge in [0.2, 0.25) is 0 Å². The third-order valence-corrected chi connectivity index (χ3v) is 5.39. The van der Waals surface area contributed by atoms with E-state index in [0.717, 1.165) is 38.0 Å². The maximum atomic E-state index is 12.7. The monoisotopic (exact) mass is 371 g/mol. The zero-order chi connectivity index (χ0) is 18.0. The number of nitrogens with zero attached hydrogens (tertiary/aromatic N) is 1. The van der Waals surface area contributed by atoms with Gasteiger partial charge in [-0.15, -0.1) is 0 Å². The summed E-state index contributed by atoms with van der Waals surface area (Å²) in [5.41, 5.74) is 2.51. The van der Waals surface area contributed by atoms with Gasteiger partial charge in [0, 0.05) is 48.6 Å². The number of piperidine rings is 1. The molecule has 0 aromatic heterocycles. The third kappa shape index (κ3) is 3.84. The fraction of sp³-hybridized carbons (Fsp3) is 0.381. The lowest BCUT2D eigenvalue weighted by Gasteiger charge is -2.37. The zero-order valence-corrected chi connectivity index (χ0v) is 15.4. The number of benzene rings is 2. The molecule has 4 rings (SSSR count). The van der Waals surface area contributed by atoms with Crippen LogP contribution in [0.1, 0.15) is 34.3 Å². The average molecular weight is 372 g/mol. The number of hydrogen-bond acceptors (Lipinski definition) is 4. The van der Waals surface area contributed by atoms with Crippen molar-refractivity contribution in [2.75, 3.05) is 26.3 Å². The zero-order valence-electron chi connectivity index (χ0n) is 14.6. The van der Waals surface area contributed by atoms with Crippen LogP contribution >= 0.6 is 11.6 Å². The molecule has 26 heavy (non-hydrogen) atoms. The van der Waals surface area contributed by atoms with Gasteiger partial charge in [-0.25, -0.2) is 0 Å². The minimum Gasteiger partial charge on any atom is -0.347 e. The van der Waals surface area contributed by atoms with Crippen LogP contribution in [0, 0.1) is 0 Å². The van der Waals surface area contributed by atoms with Gasteiger partial charge >= 0.3 is 0 Å². The summed E-state index contributed by atoms with van der Waals surface area (Å²) in [6.07, 6.45) is 1.80. The fourth-order valence-electron chi connectivity index (χ4n) is 3.67. The van der Waals surface area contributed by atoms with Gasteiger partial charge in [0.05, 0.1) is 13.2 Å². The van der Waals surface area contributed by atoms with E-state index in [4.69, 9.17) is 21.1 Å². The average Bonchev–Trinajstić information content (AvgIpc) is 3.12. The standard InChI is InChI=1S/C21H22ClNO3/c22-19-6-4-17(5-7-19)20(24)18-3-1-2-16(14-18)15-23-10-8-21(9-11-23)25-12-13-26-21/h1-7,14H,8-13,15H2. The Morgan fingerprint density at radius 1 is 1.00 bits per heavy atom. The van der Waals surface area contributed by atoms with E-state index < -0.39 is 0 Å². The first kappa shape index (κ1) is 17.7. The molecule has 4 nitrogen and oxygen atoms in total. The quantitative estimate of drug-likeness (QED) is 0.764. The number of hydrogen-bond donors (Lipinski definition) is 0. The second kappa shape index (κ2) is 7.49. The van der Waals surface area contributed by atoms with Crippen LogP contribution in [0.3, 0.4) is 0 Å². The van der Waals surface area contributed by atoms with E-state index in [2.05, 4.69) is 11.0 Å². The Bertz CT molecular complexity index is 774. The molecule has 2 fully saturated rings. The molecule has 0 atom stereocenters. The van der Waals surface area contributed by atoms with E-state index in [1.165, 1.54) is 0 Å². The first-order valence-corrected chi connectivity index (χ1v) is 9.41. The largest absolute Gasteiger partial charge is 0.347 e. The van der Waals surface area contributed by atoms with Gasteiger partial charge < -0.3 is 9.47 Å². The summed E-state index contributed by atoms with van der Waals surface area (Å²) in [7, 11) is 0. The number of ketones is 1. The van der Waals surface area contributed by atoms with Crippen LogP contribution < -0.4 is 0 Å². The molecule has 0 N–H and O–H groups in total. The summed E-state index contributed by atoms with van der Waals surface area (Å²) in [6, 6.07) is 14.9. The van der Waals surface area contributed by atoms with E-state index >= 15 is 0 Å². The normalized spacial score (nSPS) is 19.7. The van der Waals surface area contributed by atoms with Crippen molar-refractivity contribution >= 4 is 17.4 Å². The number of rotatable bonds is 4. The summed E-state index contributed by atoms with van der Waals surface area (Å²) >= 11 is 5.91. The molecule has 2 aromatic carbocycles. The SMILES string of the molecule is O=C(c1ccc(Cl)cc1)c1cccc(CN2CCC3(CC2)OCCO3)c1. The topological polar surface area (TPSA) is 38.8 Å². The van der Waals surface area contributed by atoms with Crippen molar-refractivity contribution in [1.82, 2.24) is 4.90 Å². The molecule has 0 aliphatic carbocycles. The lowest BCUT2D eigenvalue weighted by molar-refractivity contribution is -0.185. The van der Waals surface area contributed by atoms with E-state index in [1.54, 1.807) is 24.3 Å². The van der Waals surface area contributed by atoms with Gasteiger partial charge in [-0.2, -0.15) is 0 Å². The van der Waals surface area contributed by atoms with Crippen LogP contribution in [0.4, 0.5) is 0 Å². The first-order chi connectivity index (χ1) is 12.6. The minimum atomic E-state index is -0.344. The Hall–Kier alpha value is -1.72. The predicted octanol–water partition coefficient (Wildman–Crippen LogP) is 3.91. The molecule has 0 bridgehead atoms. The summed E-state index contributed by atoms with van der Waals surface area (Å²) in [6.45, 7) is 4.12. The Morgan fingerprint density at radius 3 is 2.38 bits per heavy atom. The van der Waals surface area contributed by atoms with Gasteiger partial charge in [-0.05, 0) is 35.9 Å². The molecule has 0 unspecified atom stereocenters. The molecule has 1 spiro atoms. The van der Waals surface area contributed by atoms with E-state index in [1.807, 2.05) is 18.2 Å². The fourth-order valence-corrected chi connectivity index (χ4v) is 3.80. The van der Waals surface area contributed by atoms with Crippen molar-refractivity contribution in [1.29, 1.82) is 0 Å². The van der Waals surface area contributed by atoms with Gasteiger partial charge in [-0.3, -0.25) is 9.69 Å². The lowest BCUT2D eigenvalue weighted by Crippen LogP contribution is -2.44. The molecule has 0 amide bonds. The highest BCUT2D eigenvalue weighted by molar-refractivity contribution is 6.30. The summed E-state index contributed by atoms with van der Waals surface area (Å²) in [4.78, 5) is 15.1. The molecule has 136 valence electrons. The van der Waals surface area contributed by atoms with Crippen molar-refractivity contribution in [3.63, 3.8) is 0 Å². The number of carbonyl (C=O) groups is 1. The molecule has 0 radical (unpaired) electrons. The maximum absolute atomic E-state index is 12.7. The minimum absolute atomic E-state index is 0.0221. The molecular weight excluding hydrogens is 350 g/mol. The highest BCUT2D eigenvalue weighted by atomic mass is 35.5. The number of carbonyl (C=O) groups excluding carboxylic acids is 1. The third-order valence-electron chi connectivity index (χ3n) is 5.13. The number of halogens is 1. The Labute approximate surface area is 158 Å². The van der Waals surface area contributed by atoms with Gasteiger partial charge in [0.15, 0.2) is 11.6 Å². The Balaban J connectivity index is 1.41.